The molecule has 1 heterocycles. The summed E-state index contributed by atoms with van der Waals surface area (Å²) in [5, 5.41) is 2.40. The first-order valence-electron chi connectivity index (χ1n) is 12.6. The lowest BCUT2D eigenvalue weighted by Gasteiger charge is -2.47. The second-order valence-corrected chi connectivity index (χ2v) is 17.7. The van der Waals surface area contributed by atoms with Crippen molar-refractivity contribution >= 4 is 40.1 Å². The SMILES string of the molecule is C=CCN(C)S(=O)(=O)c1ccc(N2CC[C@H]([Si](c3ccccc3)(c3ccccc3)C(C)(C)C)C2=O)cc1. The molecule has 37 heavy (non-hydrogen) atoms. The van der Waals surface area contributed by atoms with Crippen LogP contribution in [0.5, 0.6) is 0 Å². The van der Waals surface area contributed by atoms with E-state index in [0.717, 1.165) is 12.1 Å². The number of carbonyl (C=O) groups is 1. The number of amides is 1. The van der Waals surface area contributed by atoms with Gasteiger partial charge in [-0.15, -0.1) is 6.58 Å². The fraction of sp³-hybridized carbons (Fsp3) is 0.300. The highest BCUT2D eigenvalue weighted by atomic mass is 32.2. The predicted octanol–water partition coefficient (Wildman–Crippen LogP) is 4.66. The highest BCUT2D eigenvalue weighted by molar-refractivity contribution is 7.89. The molecule has 7 heteroatoms. The first-order valence-corrected chi connectivity index (χ1v) is 16.2. The second kappa shape index (κ2) is 10.4. The van der Waals surface area contributed by atoms with Crippen molar-refractivity contribution in [3.8, 4) is 0 Å². The lowest BCUT2D eigenvalue weighted by molar-refractivity contribution is -0.117. The van der Waals surface area contributed by atoms with Gasteiger partial charge in [-0.25, -0.2) is 8.42 Å². The van der Waals surface area contributed by atoms with Gasteiger partial charge >= 0.3 is 0 Å². The van der Waals surface area contributed by atoms with Crippen LogP contribution in [-0.4, -0.2) is 46.8 Å². The highest BCUT2D eigenvalue weighted by Crippen LogP contribution is 2.48. The van der Waals surface area contributed by atoms with E-state index in [2.05, 4.69) is 75.9 Å². The number of sulfonamides is 1. The minimum Gasteiger partial charge on any atom is -0.312 e. The van der Waals surface area contributed by atoms with Gasteiger partial charge in [-0.3, -0.25) is 4.79 Å². The van der Waals surface area contributed by atoms with Crippen molar-refractivity contribution in [1.29, 1.82) is 0 Å². The van der Waals surface area contributed by atoms with Crippen molar-refractivity contribution < 1.29 is 13.2 Å². The highest BCUT2D eigenvalue weighted by Gasteiger charge is 2.58. The number of benzene rings is 3. The molecular weight excluding hydrogens is 496 g/mol. The van der Waals surface area contributed by atoms with E-state index in [1.165, 1.54) is 21.7 Å². The number of rotatable bonds is 8. The Morgan fingerprint density at radius 2 is 1.46 bits per heavy atom. The van der Waals surface area contributed by atoms with Crippen LogP contribution < -0.4 is 15.3 Å². The van der Waals surface area contributed by atoms with Crippen LogP contribution in [0.3, 0.4) is 0 Å². The standard InChI is InChI=1S/C30H36N2O3SSi/c1-6-22-31(5)36(34,35)25-19-17-24(18-20-25)32-23-21-28(29(32)33)37(30(2,3)4,26-13-9-7-10-14-26)27-15-11-8-12-16-27/h6-20,28H,1,21-23H2,2-5H3/t28-/m0/s1. The topological polar surface area (TPSA) is 57.7 Å². The van der Waals surface area contributed by atoms with Crippen LogP contribution in [0.4, 0.5) is 5.69 Å². The molecule has 194 valence electrons. The largest absolute Gasteiger partial charge is 0.312 e. The number of carbonyl (C=O) groups excluding carboxylic acids is 1. The van der Waals surface area contributed by atoms with Gasteiger partial charge in [0.1, 0.15) is 8.07 Å². The molecule has 1 saturated heterocycles. The maximum absolute atomic E-state index is 14.2. The molecule has 0 radical (unpaired) electrons. The van der Waals surface area contributed by atoms with Gasteiger partial charge in [-0.2, -0.15) is 4.31 Å². The molecule has 5 nitrogen and oxygen atoms in total. The van der Waals surface area contributed by atoms with Gasteiger partial charge in [-0.1, -0.05) is 97.9 Å². The van der Waals surface area contributed by atoms with Crippen molar-refractivity contribution in [3.05, 3.63) is 97.6 Å². The van der Waals surface area contributed by atoms with Crippen LogP contribution in [0.15, 0.2) is 102 Å². The molecule has 0 spiro atoms. The molecule has 1 amide bonds. The molecule has 1 aliphatic heterocycles. The van der Waals surface area contributed by atoms with Crippen LogP contribution in [0, 0.1) is 0 Å². The summed E-state index contributed by atoms with van der Waals surface area (Å²) in [4.78, 5) is 16.3. The zero-order valence-electron chi connectivity index (χ0n) is 22.1. The lowest BCUT2D eigenvalue weighted by Crippen LogP contribution is -2.68. The molecule has 3 aromatic rings. The van der Waals surface area contributed by atoms with Crippen molar-refractivity contribution in [2.45, 2.75) is 42.7 Å². The smallest absolute Gasteiger partial charge is 0.243 e. The van der Waals surface area contributed by atoms with Gasteiger partial charge in [0.25, 0.3) is 0 Å². The van der Waals surface area contributed by atoms with Crippen molar-refractivity contribution in [3.63, 3.8) is 0 Å². The molecule has 0 saturated carbocycles. The van der Waals surface area contributed by atoms with E-state index in [9.17, 15) is 13.2 Å². The number of hydrogen-bond donors (Lipinski definition) is 0. The van der Waals surface area contributed by atoms with E-state index in [-0.39, 0.29) is 27.9 Å². The van der Waals surface area contributed by atoms with Gasteiger partial charge in [0, 0.05) is 31.4 Å². The van der Waals surface area contributed by atoms with Crippen LogP contribution in [0.25, 0.3) is 0 Å². The molecule has 1 atom stereocenters. The molecule has 0 aliphatic carbocycles. The Kier molecular flexibility index (Phi) is 7.60. The van der Waals surface area contributed by atoms with Gasteiger partial charge < -0.3 is 4.90 Å². The van der Waals surface area contributed by atoms with E-state index >= 15 is 0 Å². The normalized spacial score (nSPS) is 16.8. The number of hydrogen-bond acceptors (Lipinski definition) is 3. The van der Waals surface area contributed by atoms with Crippen molar-refractivity contribution in [2.24, 2.45) is 0 Å². The summed E-state index contributed by atoms with van der Waals surface area (Å²) in [6, 6.07) is 27.8. The first kappa shape index (κ1) is 27.0. The van der Waals surface area contributed by atoms with E-state index in [4.69, 9.17) is 0 Å². The van der Waals surface area contributed by atoms with Crippen LogP contribution in [0.1, 0.15) is 27.2 Å². The quantitative estimate of drug-likeness (QED) is 0.313. The Bertz CT molecular complexity index is 1310. The summed E-state index contributed by atoms with van der Waals surface area (Å²) in [6.45, 7) is 11.3. The summed E-state index contributed by atoms with van der Waals surface area (Å²) in [5.74, 6) is 0.119. The number of anilines is 1. The average molecular weight is 533 g/mol. The van der Waals surface area contributed by atoms with Crippen LogP contribution >= 0.6 is 0 Å². The Morgan fingerprint density at radius 1 is 0.946 bits per heavy atom. The summed E-state index contributed by atoms with van der Waals surface area (Å²) in [5.41, 5.74) is 0.593. The first-order chi connectivity index (χ1) is 17.5. The Balaban J connectivity index is 1.75. The summed E-state index contributed by atoms with van der Waals surface area (Å²) < 4.78 is 26.9. The molecule has 1 fully saturated rings. The Hall–Kier alpha value is -3.00. The molecule has 0 N–H and O–H groups in total. The molecule has 1 aliphatic rings. The molecule has 0 bridgehead atoms. The number of likely N-dealkylation sites (N-methyl/N-ethyl adjacent to an activating group) is 1. The third-order valence-electron chi connectivity index (χ3n) is 7.61. The monoisotopic (exact) mass is 532 g/mol. The Morgan fingerprint density at radius 3 is 1.92 bits per heavy atom. The van der Waals surface area contributed by atoms with Gasteiger partial charge in [0.2, 0.25) is 15.9 Å². The van der Waals surface area contributed by atoms with E-state index < -0.39 is 18.1 Å². The second-order valence-electron chi connectivity index (χ2n) is 10.7. The molecule has 0 aromatic heterocycles. The van der Waals surface area contributed by atoms with Gasteiger partial charge in [0.15, 0.2) is 0 Å². The molecule has 0 unspecified atom stereocenters. The van der Waals surface area contributed by atoms with Crippen LogP contribution in [-0.2, 0) is 14.8 Å². The zero-order chi connectivity index (χ0) is 26.8. The summed E-state index contributed by atoms with van der Waals surface area (Å²) in [6.07, 6.45) is 2.31. The number of nitrogens with zero attached hydrogens (tertiary/aromatic N) is 2. The molecule has 3 aromatic carbocycles. The fourth-order valence-corrected chi connectivity index (χ4v) is 13.5. The van der Waals surface area contributed by atoms with Gasteiger partial charge in [-0.05, 0) is 35.7 Å². The maximum Gasteiger partial charge on any atom is 0.243 e. The third kappa shape index (κ3) is 4.72. The third-order valence-corrected chi connectivity index (χ3v) is 15.9. The summed E-state index contributed by atoms with van der Waals surface area (Å²) >= 11 is 0. The lowest BCUT2D eigenvalue weighted by atomic mass is 10.2. The van der Waals surface area contributed by atoms with E-state index in [0.29, 0.717) is 6.54 Å². The van der Waals surface area contributed by atoms with E-state index in [1.807, 2.05) is 17.0 Å². The Labute approximate surface area is 222 Å². The average Bonchev–Trinajstić information content (AvgIpc) is 3.26. The molecule has 4 rings (SSSR count). The van der Waals surface area contributed by atoms with Crippen LogP contribution in [0.2, 0.25) is 10.6 Å². The summed E-state index contributed by atoms with van der Waals surface area (Å²) in [7, 11) is -4.71. The van der Waals surface area contributed by atoms with Gasteiger partial charge in [0.05, 0.1) is 4.90 Å². The van der Waals surface area contributed by atoms with Crippen molar-refractivity contribution in [2.75, 3.05) is 25.0 Å². The minimum atomic E-state index is -3.61. The van der Waals surface area contributed by atoms with Crippen molar-refractivity contribution in [1.82, 2.24) is 4.31 Å². The maximum atomic E-state index is 14.2. The zero-order valence-corrected chi connectivity index (χ0v) is 23.9. The minimum absolute atomic E-state index is 0.119. The van der Waals surface area contributed by atoms with E-state index in [1.54, 1.807) is 30.3 Å². The molecular formula is C30H36N2O3SSi. The fourth-order valence-electron chi connectivity index (χ4n) is 5.96. The predicted molar refractivity (Wildman–Crippen MR) is 155 cm³/mol.